The van der Waals surface area contributed by atoms with Crippen LogP contribution in [0.1, 0.15) is 188 Å². The number of hydrogen-bond acceptors (Lipinski definition) is 10. The van der Waals surface area contributed by atoms with Crippen molar-refractivity contribution >= 4 is 25.7 Å². The maximum atomic E-state index is 12.9. The van der Waals surface area contributed by atoms with Gasteiger partial charge in [0.05, 0.1) is 26.2 Å². The SMILES string of the molecule is CC/C=C\C/C=C\C/C=C\C/C=C\C/C=C\CC(=O)OCC(COP(=O)(O)OCC(CO)OC(=O)CCCCC/C=C\C/C=C\C/C=C\CC)OC(=O)CCCCCCCC/C=C\C/C=C\C/C=C\C/C=C\CC. The van der Waals surface area contributed by atoms with Crippen molar-refractivity contribution in [3.8, 4) is 0 Å². The quantitative estimate of drug-likeness (QED) is 0.0197. The zero-order valence-electron chi connectivity index (χ0n) is 45.7. The molecule has 0 saturated heterocycles. The molecule has 0 aromatic rings. The van der Waals surface area contributed by atoms with Crippen molar-refractivity contribution in [2.75, 3.05) is 26.4 Å². The molecule has 0 aromatic carbocycles. The number of esters is 3. The molecule has 3 unspecified atom stereocenters. The Balaban J connectivity index is 4.91. The van der Waals surface area contributed by atoms with Crippen molar-refractivity contribution in [3.63, 3.8) is 0 Å². The highest BCUT2D eigenvalue weighted by atomic mass is 31.2. The highest BCUT2D eigenvalue weighted by Gasteiger charge is 2.28. The summed E-state index contributed by atoms with van der Waals surface area (Å²) in [4.78, 5) is 48.4. The number of ether oxygens (including phenoxy) is 3. The van der Waals surface area contributed by atoms with E-state index in [1.54, 1.807) is 6.08 Å². The summed E-state index contributed by atoms with van der Waals surface area (Å²) < 4.78 is 39.3. The first-order valence-electron chi connectivity index (χ1n) is 27.7. The van der Waals surface area contributed by atoms with Crippen LogP contribution >= 0.6 is 7.82 Å². The molecule has 2 N–H and O–H groups in total. The molecule has 12 heteroatoms. The molecule has 74 heavy (non-hydrogen) atoms. The van der Waals surface area contributed by atoms with E-state index >= 15 is 0 Å². The van der Waals surface area contributed by atoms with E-state index in [1.165, 1.54) is 0 Å². The largest absolute Gasteiger partial charge is 0.472 e. The number of unbranched alkanes of at least 4 members (excludes halogenated alkanes) is 9. The minimum atomic E-state index is -4.79. The Morgan fingerprint density at radius 3 is 1.09 bits per heavy atom. The van der Waals surface area contributed by atoms with Gasteiger partial charge in [-0.05, 0) is 116 Å². The van der Waals surface area contributed by atoms with E-state index in [9.17, 15) is 28.9 Å². The highest BCUT2D eigenvalue weighted by molar-refractivity contribution is 7.47. The topological polar surface area (TPSA) is 155 Å². The maximum Gasteiger partial charge on any atom is 0.472 e. The number of hydrogen-bond donors (Lipinski definition) is 2. The number of allylic oxidation sites excluding steroid dienone is 23. The molecule has 0 aliphatic carbocycles. The van der Waals surface area contributed by atoms with Gasteiger partial charge in [-0.3, -0.25) is 23.4 Å². The Kier molecular flexibility index (Phi) is 51.2. The predicted molar refractivity (Wildman–Crippen MR) is 306 cm³/mol. The van der Waals surface area contributed by atoms with E-state index in [0.717, 1.165) is 128 Å². The molecule has 3 atom stereocenters. The lowest BCUT2D eigenvalue weighted by molar-refractivity contribution is -0.161. The van der Waals surface area contributed by atoms with Gasteiger partial charge in [0.2, 0.25) is 0 Å². The molecule has 0 radical (unpaired) electrons. The molecule has 11 nitrogen and oxygen atoms in total. The highest BCUT2D eigenvalue weighted by Crippen LogP contribution is 2.43. The molecule has 0 aliphatic rings. The van der Waals surface area contributed by atoms with Crippen molar-refractivity contribution in [3.05, 3.63) is 146 Å². The van der Waals surface area contributed by atoms with Crippen LogP contribution in [0, 0.1) is 0 Å². The van der Waals surface area contributed by atoms with Gasteiger partial charge in [0.1, 0.15) is 12.7 Å². The Morgan fingerprint density at radius 1 is 0.392 bits per heavy atom. The van der Waals surface area contributed by atoms with Gasteiger partial charge < -0.3 is 24.2 Å². The number of phosphoric acid groups is 1. The number of phosphoric ester groups is 1. The molecular formula is C62H97O11P. The van der Waals surface area contributed by atoms with Crippen LogP contribution in [0.15, 0.2) is 146 Å². The Bertz CT molecular complexity index is 1800. The van der Waals surface area contributed by atoms with Gasteiger partial charge in [-0.2, -0.15) is 0 Å². The molecule has 0 saturated carbocycles. The monoisotopic (exact) mass is 1050 g/mol. The van der Waals surface area contributed by atoms with Crippen molar-refractivity contribution in [2.45, 2.75) is 200 Å². The second-order valence-corrected chi connectivity index (χ2v) is 19.1. The number of carbonyl (C=O) groups excluding carboxylic acids is 3. The summed E-state index contributed by atoms with van der Waals surface area (Å²) in [6, 6.07) is 0. The normalized spacial score (nSPS) is 14.5. The molecule has 416 valence electrons. The number of carbonyl (C=O) groups is 3. The van der Waals surface area contributed by atoms with Crippen LogP contribution in [0.25, 0.3) is 0 Å². The molecule has 0 spiro atoms. The van der Waals surface area contributed by atoms with Gasteiger partial charge in [0, 0.05) is 12.8 Å². The average Bonchev–Trinajstić information content (AvgIpc) is 3.39. The van der Waals surface area contributed by atoms with Crippen LogP contribution in [-0.2, 0) is 42.2 Å². The molecule has 0 fully saturated rings. The van der Waals surface area contributed by atoms with E-state index in [1.807, 2.05) is 12.2 Å². The summed E-state index contributed by atoms with van der Waals surface area (Å²) in [5.41, 5.74) is 0. The third-order valence-electron chi connectivity index (χ3n) is 10.8. The zero-order valence-corrected chi connectivity index (χ0v) is 46.6. The number of aliphatic hydroxyl groups is 1. The first-order valence-corrected chi connectivity index (χ1v) is 29.2. The molecule has 0 amide bonds. The third-order valence-corrected chi connectivity index (χ3v) is 11.7. The minimum Gasteiger partial charge on any atom is -0.461 e. The minimum absolute atomic E-state index is 0.0193. The number of rotatable bonds is 49. The summed E-state index contributed by atoms with van der Waals surface area (Å²) >= 11 is 0. The first-order chi connectivity index (χ1) is 36.2. The van der Waals surface area contributed by atoms with Crippen molar-refractivity contribution in [2.24, 2.45) is 0 Å². The van der Waals surface area contributed by atoms with Gasteiger partial charge in [-0.15, -0.1) is 0 Å². The van der Waals surface area contributed by atoms with Crippen molar-refractivity contribution < 1.29 is 52.2 Å². The van der Waals surface area contributed by atoms with Gasteiger partial charge in [0.15, 0.2) is 6.10 Å². The average molecular weight is 1050 g/mol. The van der Waals surface area contributed by atoms with Gasteiger partial charge in [-0.1, -0.05) is 199 Å². The van der Waals surface area contributed by atoms with E-state index in [-0.39, 0.29) is 19.3 Å². The molecule has 0 aliphatic heterocycles. The van der Waals surface area contributed by atoms with Gasteiger partial charge in [-0.25, -0.2) is 4.57 Å². The fraction of sp³-hybridized carbons (Fsp3) is 0.565. The second kappa shape index (κ2) is 54.6. The lowest BCUT2D eigenvalue weighted by Crippen LogP contribution is -2.30. The molecule has 0 heterocycles. The summed E-state index contributed by atoms with van der Waals surface area (Å²) in [5.74, 6) is -1.68. The van der Waals surface area contributed by atoms with Crippen LogP contribution in [0.4, 0.5) is 0 Å². The Hall–Kier alpha value is -4.64. The van der Waals surface area contributed by atoms with E-state index in [4.69, 9.17) is 23.3 Å². The van der Waals surface area contributed by atoms with Crippen LogP contribution in [0.5, 0.6) is 0 Å². The first kappa shape index (κ1) is 69.4. The molecule has 0 rings (SSSR count). The third kappa shape index (κ3) is 52.2. The van der Waals surface area contributed by atoms with E-state index < -0.39 is 64.4 Å². The van der Waals surface area contributed by atoms with Crippen LogP contribution in [0.3, 0.4) is 0 Å². The predicted octanol–water partition coefficient (Wildman–Crippen LogP) is 16.4. The van der Waals surface area contributed by atoms with Crippen LogP contribution in [-0.4, -0.2) is 66.5 Å². The fourth-order valence-corrected chi connectivity index (χ4v) is 7.45. The summed E-state index contributed by atoms with van der Waals surface area (Å²) in [6.45, 7) is 4.10. The second-order valence-electron chi connectivity index (χ2n) is 17.6. The Morgan fingerprint density at radius 2 is 0.703 bits per heavy atom. The summed E-state index contributed by atoms with van der Waals surface area (Å²) in [6.07, 6.45) is 69.8. The van der Waals surface area contributed by atoms with Crippen LogP contribution < -0.4 is 0 Å². The summed E-state index contributed by atoms with van der Waals surface area (Å²) in [7, 11) is -4.79. The van der Waals surface area contributed by atoms with Gasteiger partial charge in [0.25, 0.3) is 0 Å². The van der Waals surface area contributed by atoms with Crippen molar-refractivity contribution in [1.82, 2.24) is 0 Å². The molecular weight excluding hydrogens is 952 g/mol. The lowest BCUT2D eigenvalue weighted by Gasteiger charge is -2.21. The zero-order chi connectivity index (χ0) is 54.1. The smallest absolute Gasteiger partial charge is 0.461 e. The summed E-state index contributed by atoms with van der Waals surface area (Å²) in [5, 5.41) is 9.79. The standard InChI is InChI=1S/C62H97O11P/c1-4-7-10-13-16-19-22-25-27-28-29-30-32-35-38-41-44-47-50-53-62(66)73-59(55-69-60(64)51-48-45-42-39-36-34-31-26-23-20-17-14-11-8-5-2)57-71-74(67,68)70-56-58(54-63)72-61(65)52-49-46-43-40-37-33-24-21-18-15-12-9-6-3/h7-12,16-21,25-27,29-31,33,36-37,39,45,48,58-59,63H,4-6,13-15,22-24,28,32,34-35,38,40-44,46-47,49-57H2,1-3H3,(H,67,68)/b10-7-,11-8-,12-9-,19-16-,20-17-,21-18-,27-25-,30-29-,31-26-,37-33-,39-36-,48-45-. The van der Waals surface area contributed by atoms with E-state index in [2.05, 4.69) is 148 Å². The van der Waals surface area contributed by atoms with E-state index in [0.29, 0.717) is 19.3 Å². The maximum absolute atomic E-state index is 12.9. The molecule has 0 bridgehead atoms. The Labute approximate surface area is 448 Å². The van der Waals surface area contributed by atoms with Crippen LogP contribution in [0.2, 0.25) is 0 Å². The lowest BCUT2D eigenvalue weighted by atomic mass is 10.1. The molecule has 0 aromatic heterocycles. The fourth-order valence-electron chi connectivity index (χ4n) is 6.67. The van der Waals surface area contributed by atoms with Crippen molar-refractivity contribution in [1.29, 1.82) is 0 Å². The number of aliphatic hydroxyl groups excluding tert-OH is 1. The van der Waals surface area contributed by atoms with Gasteiger partial charge >= 0.3 is 25.7 Å².